The first-order chi connectivity index (χ1) is 13.4. The molecule has 1 aromatic carbocycles. The number of hydrogen-bond donors (Lipinski definition) is 4. The summed E-state index contributed by atoms with van der Waals surface area (Å²) in [6.45, 7) is 4.35. The van der Waals surface area contributed by atoms with E-state index in [0.717, 1.165) is 0 Å². The van der Waals surface area contributed by atoms with Gasteiger partial charge >= 0.3 is 0 Å². The molecule has 28 heavy (non-hydrogen) atoms. The van der Waals surface area contributed by atoms with Crippen molar-refractivity contribution in [3.05, 3.63) is 35.4 Å². The number of carbonyl (C=O) groups is 1. The minimum Gasteiger partial charge on any atom is -0.395 e. The second-order valence-electron chi connectivity index (χ2n) is 8.94. The third kappa shape index (κ3) is 3.57. The van der Waals surface area contributed by atoms with E-state index in [1.807, 2.05) is 19.0 Å². The number of aliphatic hydroxyl groups excluding tert-OH is 1. The normalized spacial score (nSPS) is 31.9. The SMILES string of the molecule is CC(C)c1ccc(C(C2CC2)N2NC(CO)C3C(=O)NC(N(C)C)NC32)cc1. The third-order valence-electron chi connectivity index (χ3n) is 6.32. The van der Waals surface area contributed by atoms with Gasteiger partial charge in [-0.15, -0.1) is 0 Å². The van der Waals surface area contributed by atoms with Crippen molar-refractivity contribution in [1.29, 1.82) is 0 Å². The number of nitrogens with one attached hydrogen (secondary N) is 3. The van der Waals surface area contributed by atoms with E-state index in [1.54, 1.807) is 0 Å². The van der Waals surface area contributed by atoms with Crippen LogP contribution >= 0.6 is 0 Å². The second kappa shape index (κ2) is 7.72. The van der Waals surface area contributed by atoms with Crippen LogP contribution in [0, 0.1) is 11.8 Å². The monoisotopic (exact) mass is 387 g/mol. The highest BCUT2D eigenvalue weighted by molar-refractivity contribution is 5.81. The fraction of sp³-hybridized carbons (Fsp3) is 0.667. The van der Waals surface area contributed by atoms with Gasteiger partial charge in [0.15, 0.2) is 0 Å². The summed E-state index contributed by atoms with van der Waals surface area (Å²) in [6.07, 6.45) is 2.01. The summed E-state index contributed by atoms with van der Waals surface area (Å²) in [7, 11) is 3.88. The number of rotatable bonds is 6. The molecule has 7 heteroatoms. The smallest absolute Gasteiger partial charge is 0.230 e. The standard InChI is InChI=1S/C21H33N5O2/c1-12(2)13-5-7-14(8-6-13)18(15-9-10-15)26-19-17(16(11-27)24-26)20(28)23-21(22-19)25(3)4/h5-8,12,15-19,21-22,24,27H,9-11H2,1-4H3,(H,23,28). The fourth-order valence-corrected chi connectivity index (χ4v) is 4.53. The van der Waals surface area contributed by atoms with E-state index in [1.165, 1.54) is 24.0 Å². The molecule has 1 amide bonds. The molecule has 2 saturated heterocycles. The van der Waals surface area contributed by atoms with Crippen molar-refractivity contribution in [2.45, 2.75) is 57.1 Å². The Morgan fingerprint density at radius 1 is 1.18 bits per heavy atom. The summed E-state index contributed by atoms with van der Waals surface area (Å²) < 4.78 is 0. The first-order valence-electron chi connectivity index (χ1n) is 10.4. The Bertz CT molecular complexity index is 703. The zero-order valence-corrected chi connectivity index (χ0v) is 17.2. The van der Waals surface area contributed by atoms with Crippen molar-refractivity contribution in [1.82, 2.24) is 26.0 Å². The van der Waals surface area contributed by atoms with Crippen LogP contribution in [-0.2, 0) is 4.79 Å². The van der Waals surface area contributed by atoms with E-state index in [9.17, 15) is 9.90 Å². The molecule has 4 N–H and O–H groups in total. The highest BCUT2D eigenvalue weighted by Crippen LogP contribution is 2.47. The summed E-state index contributed by atoms with van der Waals surface area (Å²) in [5.41, 5.74) is 6.08. The van der Waals surface area contributed by atoms with Gasteiger partial charge in [-0.2, -0.15) is 0 Å². The number of aliphatic hydroxyl groups is 1. The van der Waals surface area contributed by atoms with Crippen LogP contribution in [0.3, 0.4) is 0 Å². The molecule has 1 aromatic rings. The van der Waals surface area contributed by atoms with Crippen LogP contribution in [0.15, 0.2) is 24.3 Å². The molecule has 2 heterocycles. The minimum absolute atomic E-state index is 0.0128. The molecule has 0 aromatic heterocycles. The highest BCUT2D eigenvalue weighted by atomic mass is 16.3. The van der Waals surface area contributed by atoms with Gasteiger partial charge in [0.25, 0.3) is 0 Å². The van der Waals surface area contributed by atoms with E-state index in [-0.39, 0.29) is 43.0 Å². The zero-order valence-electron chi connectivity index (χ0n) is 17.2. The predicted molar refractivity (Wildman–Crippen MR) is 108 cm³/mol. The Labute approximate surface area is 167 Å². The lowest BCUT2D eigenvalue weighted by molar-refractivity contribution is -0.134. The van der Waals surface area contributed by atoms with E-state index < -0.39 is 0 Å². The van der Waals surface area contributed by atoms with Crippen LogP contribution in [-0.4, -0.2) is 60.1 Å². The van der Waals surface area contributed by atoms with Gasteiger partial charge in [0, 0.05) is 0 Å². The molecule has 7 nitrogen and oxygen atoms in total. The number of hydrogen-bond acceptors (Lipinski definition) is 6. The predicted octanol–water partition coefficient (Wildman–Crippen LogP) is 0.949. The Hall–Kier alpha value is -1.51. The maximum atomic E-state index is 12.8. The van der Waals surface area contributed by atoms with Crippen molar-refractivity contribution >= 4 is 5.91 Å². The molecule has 1 saturated carbocycles. The Morgan fingerprint density at radius 2 is 1.82 bits per heavy atom. The fourth-order valence-electron chi connectivity index (χ4n) is 4.53. The van der Waals surface area contributed by atoms with Gasteiger partial charge in [-0.1, -0.05) is 38.1 Å². The van der Waals surface area contributed by atoms with Crippen LogP contribution in [0.1, 0.15) is 49.8 Å². The van der Waals surface area contributed by atoms with Crippen LogP contribution in [0.4, 0.5) is 0 Å². The van der Waals surface area contributed by atoms with E-state index >= 15 is 0 Å². The Morgan fingerprint density at radius 3 is 2.36 bits per heavy atom. The van der Waals surface area contributed by atoms with Gasteiger partial charge in [0.05, 0.1) is 30.8 Å². The average molecular weight is 388 g/mol. The van der Waals surface area contributed by atoms with Crippen LogP contribution < -0.4 is 16.1 Å². The topological polar surface area (TPSA) is 79.9 Å². The lowest BCUT2D eigenvalue weighted by Gasteiger charge is -2.42. The molecule has 4 rings (SSSR count). The Balaban J connectivity index is 1.65. The first-order valence-corrected chi connectivity index (χ1v) is 10.4. The molecule has 0 bridgehead atoms. The van der Waals surface area contributed by atoms with Crippen molar-refractivity contribution in [3.8, 4) is 0 Å². The molecule has 1 aliphatic carbocycles. The van der Waals surface area contributed by atoms with Crippen LogP contribution in [0.5, 0.6) is 0 Å². The van der Waals surface area contributed by atoms with Gasteiger partial charge in [0.1, 0.15) is 6.29 Å². The van der Waals surface area contributed by atoms with Gasteiger partial charge in [-0.3, -0.25) is 15.0 Å². The summed E-state index contributed by atoms with van der Waals surface area (Å²) in [5, 5.41) is 18.7. The molecule has 154 valence electrons. The number of nitrogens with zero attached hydrogens (tertiary/aromatic N) is 2. The van der Waals surface area contributed by atoms with E-state index in [2.05, 4.69) is 59.2 Å². The average Bonchev–Trinajstić information content (AvgIpc) is 3.43. The largest absolute Gasteiger partial charge is 0.395 e. The van der Waals surface area contributed by atoms with E-state index in [4.69, 9.17) is 0 Å². The van der Waals surface area contributed by atoms with Crippen molar-refractivity contribution in [3.63, 3.8) is 0 Å². The first kappa shape index (κ1) is 19.8. The molecule has 3 aliphatic rings. The zero-order chi connectivity index (χ0) is 20.0. The lowest BCUT2D eigenvalue weighted by Crippen LogP contribution is -2.68. The minimum atomic E-state index is -0.322. The molecule has 3 fully saturated rings. The van der Waals surface area contributed by atoms with Crippen LogP contribution in [0.25, 0.3) is 0 Å². The number of amides is 1. The number of hydrazine groups is 1. The summed E-state index contributed by atoms with van der Waals surface area (Å²) >= 11 is 0. The maximum Gasteiger partial charge on any atom is 0.230 e. The molecular formula is C21H33N5O2. The van der Waals surface area contributed by atoms with E-state index in [0.29, 0.717) is 11.8 Å². The third-order valence-corrected chi connectivity index (χ3v) is 6.32. The molecule has 5 atom stereocenters. The highest BCUT2D eigenvalue weighted by Gasteiger charge is 2.53. The molecule has 2 aliphatic heterocycles. The number of fused-ring (bicyclic) bond motifs is 1. The van der Waals surface area contributed by atoms with Gasteiger partial charge in [-0.05, 0) is 49.9 Å². The summed E-state index contributed by atoms with van der Waals surface area (Å²) in [5.74, 6) is 0.740. The maximum absolute atomic E-state index is 12.8. The molecule has 0 radical (unpaired) electrons. The van der Waals surface area contributed by atoms with Gasteiger partial charge in [-0.25, -0.2) is 10.4 Å². The lowest BCUT2D eigenvalue weighted by atomic mass is 9.93. The van der Waals surface area contributed by atoms with Crippen molar-refractivity contribution in [2.24, 2.45) is 11.8 Å². The van der Waals surface area contributed by atoms with Gasteiger partial charge < -0.3 is 10.4 Å². The van der Waals surface area contributed by atoms with Crippen molar-refractivity contribution < 1.29 is 9.90 Å². The molecule has 5 unspecified atom stereocenters. The second-order valence-corrected chi connectivity index (χ2v) is 8.94. The van der Waals surface area contributed by atoms with Gasteiger partial charge in [0.2, 0.25) is 5.91 Å². The Kier molecular flexibility index (Phi) is 5.46. The van der Waals surface area contributed by atoms with Crippen molar-refractivity contribution in [2.75, 3.05) is 20.7 Å². The molecule has 0 spiro atoms. The summed E-state index contributed by atoms with van der Waals surface area (Å²) in [4.78, 5) is 14.8. The molecular weight excluding hydrogens is 354 g/mol. The van der Waals surface area contributed by atoms with Crippen LogP contribution in [0.2, 0.25) is 0 Å². The quantitative estimate of drug-likeness (QED) is 0.582. The number of benzene rings is 1. The number of carbonyl (C=O) groups excluding carboxylic acids is 1. The summed E-state index contributed by atoms with van der Waals surface area (Å²) in [6, 6.07) is 8.80.